The first kappa shape index (κ1) is 21.5. The van der Waals surface area contributed by atoms with Crippen molar-refractivity contribution in [2.75, 3.05) is 22.8 Å². The van der Waals surface area contributed by atoms with Gasteiger partial charge in [0.05, 0.1) is 5.75 Å². The van der Waals surface area contributed by atoms with E-state index in [2.05, 4.69) is 10.0 Å². The van der Waals surface area contributed by atoms with Crippen molar-refractivity contribution in [1.29, 1.82) is 0 Å². The number of rotatable bonds is 9. The highest BCUT2D eigenvalue weighted by atomic mass is 35.5. The average Bonchev–Trinajstić information content (AvgIpc) is 2.63. The lowest BCUT2D eigenvalue weighted by atomic mass is 10.2. The molecule has 1 amide bonds. The van der Waals surface area contributed by atoms with Crippen LogP contribution in [0.2, 0.25) is 5.02 Å². The van der Waals surface area contributed by atoms with Gasteiger partial charge in [0, 0.05) is 39.9 Å². The molecule has 5 nitrogen and oxygen atoms in total. The normalized spacial score (nSPS) is 11.2. The summed E-state index contributed by atoms with van der Waals surface area (Å²) in [6.07, 6.45) is 0. The van der Waals surface area contributed by atoms with Crippen molar-refractivity contribution >= 4 is 45.0 Å². The van der Waals surface area contributed by atoms with Gasteiger partial charge in [-0.1, -0.05) is 17.7 Å². The molecule has 0 unspecified atom stereocenters. The van der Waals surface area contributed by atoms with Gasteiger partial charge in [-0.15, -0.1) is 0 Å². The number of carbonyl (C=O) groups excluding carboxylic acids is 1. The number of thioether (sulfide) groups is 1. The quantitative estimate of drug-likeness (QED) is 0.591. The fraction of sp³-hybridized carbons (Fsp3) is 0.278. The molecule has 2 aromatic carbocycles. The van der Waals surface area contributed by atoms with Crippen LogP contribution in [0.15, 0.2) is 42.5 Å². The zero-order chi connectivity index (χ0) is 19.9. The Labute approximate surface area is 167 Å². The van der Waals surface area contributed by atoms with Crippen LogP contribution in [0.3, 0.4) is 0 Å². The fourth-order valence-electron chi connectivity index (χ4n) is 2.12. The van der Waals surface area contributed by atoms with Gasteiger partial charge < -0.3 is 5.32 Å². The molecule has 0 bridgehead atoms. The maximum atomic E-state index is 13.7. The van der Waals surface area contributed by atoms with Crippen LogP contribution >= 0.6 is 23.4 Å². The number of anilines is 1. The molecule has 2 aromatic rings. The highest BCUT2D eigenvalue weighted by Crippen LogP contribution is 2.23. The molecule has 0 aliphatic rings. The van der Waals surface area contributed by atoms with Gasteiger partial charge in [-0.05, 0) is 43.3 Å². The monoisotopic (exact) mass is 430 g/mol. The van der Waals surface area contributed by atoms with Gasteiger partial charge in [0.15, 0.2) is 0 Å². The van der Waals surface area contributed by atoms with E-state index in [1.54, 1.807) is 31.2 Å². The summed E-state index contributed by atoms with van der Waals surface area (Å²) in [5.74, 6) is 0.408. The lowest BCUT2D eigenvalue weighted by molar-refractivity contribution is 0.0956. The van der Waals surface area contributed by atoms with Crippen molar-refractivity contribution < 1.29 is 17.6 Å². The van der Waals surface area contributed by atoms with E-state index in [9.17, 15) is 17.6 Å². The molecular formula is C18H20ClFN2O3S2. The molecule has 0 saturated carbocycles. The standard InChI is InChI=1S/C18H20ClFN2O3S2/c1-2-27(24,25)22-14-8-6-13(7-9-14)18(23)21-10-11-26-12-15-16(19)4-3-5-17(15)20/h3-9,22H,2,10-12H2,1H3,(H,21,23). The molecule has 2 N–H and O–H groups in total. The molecule has 0 saturated heterocycles. The molecule has 0 radical (unpaired) electrons. The maximum Gasteiger partial charge on any atom is 0.251 e. The van der Waals surface area contributed by atoms with Gasteiger partial charge >= 0.3 is 0 Å². The van der Waals surface area contributed by atoms with Gasteiger partial charge in [0.1, 0.15) is 5.82 Å². The van der Waals surface area contributed by atoms with E-state index in [0.717, 1.165) is 0 Å². The number of carbonyl (C=O) groups is 1. The van der Waals surface area contributed by atoms with Crippen molar-refractivity contribution in [2.45, 2.75) is 12.7 Å². The lowest BCUT2D eigenvalue weighted by Gasteiger charge is -2.08. The van der Waals surface area contributed by atoms with Crippen LogP contribution in [0.4, 0.5) is 10.1 Å². The van der Waals surface area contributed by atoms with Gasteiger partial charge in [0.25, 0.3) is 5.91 Å². The van der Waals surface area contributed by atoms with Crippen LogP contribution in [0.5, 0.6) is 0 Å². The van der Waals surface area contributed by atoms with E-state index in [-0.39, 0.29) is 17.5 Å². The van der Waals surface area contributed by atoms with Crippen molar-refractivity contribution in [3.05, 3.63) is 64.4 Å². The predicted molar refractivity (Wildman–Crippen MR) is 109 cm³/mol. The van der Waals surface area contributed by atoms with E-state index in [4.69, 9.17) is 11.6 Å². The van der Waals surface area contributed by atoms with Gasteiger partial charge in [-0.25, -0.2) is 12.8 Å². The van der Waals surface area contributed by atoms with Crippen molar-refractivity contribution in [1.82, 2.24) is 5.32 Å². The topological polar surface area (TPSA) is 75.3 Å². The van der Waals surface area contributed by atoms with Crippen molar-refractivity contribution in [3.63, 3.8) is 0 Å². The molecular weight excluding hydrogens is 411 g/mol. The summed E-state index contributed by atoms with van der Waals surface area (Å²) in [7, 11) is -3.34. The second-order valence-electron chi connectivity index (χ2n) is 5.59. The number of hydrogen-bond acceptors (Lipinski definition) is 4. The summed E-state index contributed by atoms with van der Waals surface area (Å²) in [5, 5.41) is 3.16. The molecule has 0 spiro atoms. The molecule has 146 valence electrons. The first-order valence-electron chi connectivity index (χ1n) is 8.22. The highest BCUT2D eigenvalue weighted by molar-refractivity contribution is 7.98. The lowest BCUT2D eigenvalue weighted by Crippen LogP contribution is -2.25. The highest BCUT2D eigenvalue weighted by Gasteiger charge is 2.09. The summed E-state index contributed by atoms with van der Waals surface area (Å²) in [4.78, 5) is 12.1. The largest absolute Gasteiger partial charge is 0.351 e. The minimum absolute atomic E-state index is 0.0228. The second kappa shape index (κ2) is 9.96. The minimum atomic E-state index is -3.34. The zero-order valence-corrected chi connectivity index (χ0v) is 17.1. The third kappa shape index (κ3) is 6.71. The van der Waals surface area contributed by atoms with E-state index in [1.165, 1.54) is 30.0 Å². The third-order valence-electron chi connectivity index (χ3n) is 3.64. The number of benzene rings is 2. The smallest absolute Gasteiger partial charge is 0.251 e. The Kier molecular flexibility index (Phi) is 7.94. The molecule has 0 heterocycles. The number of sulfonamides is 1. The fourth-order valence-corrected chi connectivity index (χ4v) is 3.96. The Balaban J connectivity index is 1.77. The summed E-state index contributed by atoms with van der Waals surface area (Å²) in [5.41, 5.74) is 1.29. The van der Waals surface area contributed by atoms with Crippen molar-refractivity contribution in [3.8, 4) is 0 Å². The van der Waals surface area contributed by atoms with Crippen LogP contribution < -0.4 is 10.0 Å². The van der Waals surface area contributed by atoms with E-state index in [1.807, 2.05) is 0 Å². The first-order valence-corrected chi connectivity index (χ1v) is 11.4. The summed E-state index contributed by atoms with van der Waals surface area (Å²) in [6.45, 7) is 1.96. The van der Waals surface area contributed by atoms with Crippen LogP contribution in [0.25, 0.3) is 0 Å². The molecule has 0 fully saturated rings. The van der Waals surface area contributed by atoms with Crippen LogP contribution in [0.1, 0.15) is 22.8 Å². The molecule has 0 aromatic heterocycles. The molecule has 27 heavy (non-hydrogen) atoms. The summed E-state index contributed by atoms with van der Waals surface area (Å²) >= 11 is 7.44. The second-order valence-corrected chi connectivity index (χ2v) is 9.11. The Morgan fingerprint density at radius 3 is 2.52 bits per heavy atom. The Hall–Kier alpha value is -1.77. The Bertz CT molecular complexity index is 870. The van der Waals surface area contributed by atoms with Gasteiger partial charge in [0.2, 0.25) is 10.0 Å². The van der Waals surface area contributed by atoms with Gasteiger partial charge in [-0.3, -0.25) is 9.52 Å². The zero-order valence-electron chi connectivity index (χ0n) is 14.7. The average molecular weight is 431 g/mol. The molecule has 0 aliphatic carbocycles. The van der Waals surface area contributed by atoms with Crippen LogP contribution in [-0.4, -0.2) is 32.4 Å². The maximum absolute atomic E-state index is 13.7. The molecule has 0 atom stereocenters. The molecule has 9 heteroatoms. The van der Waals surface area contributed by atoms with Crippen molar-refractivity contribution in [2.24, 2.45) is 0 Å². The number of halogens is 2. The molecule has 2 rings (SSSR count). The number of amides is 1. The summed E-state index contributed by atoms with van der Waals surface area (Å²) in [6, 6.07) is 10.8. The molecule has 0 aliphatic heterocycles. The third-order valence-corrected chi connectivity index (χ3v) is 6.29. The van der Waals surface area contributed by atoms with E-state index >= 15 is 0 Å². The van der Waals surface area contributed by atoms with Gasteiger partial charge in [-0.2, -0.15) is 11.8 Å². The predicted octanol–water partition coefficient (Wildman–Crippen LogP) is 3.90. The van der Waals surface area contributed by atoms with Crippen LogP contribution in [0, 0.1) is 5.82 Å². The number of nitrogens with one attached hydrogen (secondary N) is 2. The van der Waals surface area contributed by atoms with E-state index < -0.39 is 10.0 Å². The Morgan fingerprint density at radius 1 is 1.19 bits per heavy atom. The number of hydrogen-bond donors (Lipinski definition) is 2. The minimum Gasteiger partial charge on any atom is -0.351 e. The first-order chi connectivity index (χ1) is 12.8. The summed E-state index contributed by atoms with van der Waals surface area (Å²) < 4.78 is 39.1. The van der Waals surface area contributed by atoms with Crippen LogP contribution in [-0.2, 0) is 15.8 Å². The Morgan fingerprint density at radius 2 is 1.89 bits per heavy atom. The SMILES string of the molecule is CCS(=O)(=O)Nc1ccc(C(=O)NCCSCc2c(F)cccc2Cl)cc1. The van der Waals surface area contributed by atoms with E-state index in [0.29, 0.717) is 39.9 Å².